The van der Waals surface area contributed by atoms with Gasteiger partial charge in [0, 0.05) is 12.5 Å². The van der Waals surface area contributed by atoms with E-state index in [0.29, 0.717) is 5.92 Å². The summed E-state index contributed by atoms with van der Waals surface area (Å²) >= 11 is 0. The molecular weight excluding hydrogens is 292 g/mol. The molecule has 2 heteroatoms. The summed E-state index contributed by atoms with van der Waals surface area (Å²) in [5, 5.41) is 0. The van der Waals surface area contributed by atoms with Gasteiger partial charge in [-0.15, -0.1) is 0 Å². The number of unbranched alkanes of at least 4 members (excludes halogenated alkanes) is 15. The predicted octanol–water partition coefficient (Wildman–Crippen LogP) is 7.26. The van der Waals surface area contributed by atoms with E-state index in [1.54, 1.807) is 0 Å². The van der Waals surface area contributed by atoms with E-state index in [1.807, 2.05) is 0 Å². The summed E-state index contributed by atoms with van der Waals surface area (Å²) in [6.45, 7) is 7.42. The van der Waals surface area contributed by atoms with Gasteiger partial charge in [-0.1, -0.05) is 117 Å². The van der Waals surface area contributed by atoms with Gasteiger partial charge in [0.25, 0.3) is 0 Å². The van der Waals surface area contributed by atoms with Crippen molar-refractivity contribution >= 4 is 5.84 Å². The highest BCUT2D eigenvalue weighted by Gasteiger charge is 1.98. The van der Waals surface area contributed by atoms with Crippen molar-refractivity contribution in [1.29, 1.82) is 0 Å². The van der Waals surface area contributed by atoms with Crippen LogP contribution in [-0.2, 0) is 0 Å². The van der Waals surface area contributed by atoms with E-state index in [9.17, 15) is 0 Å². The van der Waals surface area contributed by atoms with Crippen LogP contribution in [0.3, 0.4) is 0 Å². The third-order valence-electron chi connectivity index (χ3n) is 4.90. The number of nitrogens with two attached hydrogens (primary N) is 1. The van der Waals surface area contributed by atoms with Gasteiger partial charge in [-0.2, -0.15) is 0 Å². The molecular formula is C22H46N2. The number of hydrogen-bond acceptors (Lipinski definition) is 1. The van der Waals surface area contributed by atoms with Gasteiger partial charge in [-0.3, -0.25) is 4.99 Å². The Kier molecular flexibility index (Phi) is 18.4. The average molecular weight is 339 g/mol. The standard InChI is InChI=1S/C22H46N2/c1-4-5-6-7-8-9-10-11-12-13-14-15-16-17-18-19-20-24-22(23)21(2)3/h21H,4-20H2,1-3H3,(H2,23,24). The minimum atomic E-state index is 0.394. The van der Waals surface area contributed by atoms with Crippen molar-refractivity contribution in [2.24, 2.45) is 16.6 Å². The molecule has 0 saturated heterocycles. The van der Waals surface area contributed by atoms with Crippen molar-refractivity contribution in [1.82, 2.24) is 0 Å². The van der Waals surface area contributed by atoms with Gasteiger partial charge >= 0.3 is 0 Å². The molecule has 0 spiro atoms. The summed E-state index contributed by atoms with van der Waals surface area (Å²) in [6.07, 6.45) is 22.6. The van der Waals surface area contributed by atoms with Crippen LogP contribution in [-0.4, -0.2) is 12.4 Å². The Labute approximate surface area is 153 Å². The zero-order chi connectivity index (χ0) is 17.9. The Hall–Kier alpha value is -0.530. The molecule has 0 amide bonds. The highest BCUT2D eigenvalue weighted by Crippen LogP contribution is 2.13. The summed E-state index contributed by atoms with van der Waals surface area (Å²) < 4.78 is 0. The third-order valence-corrected chi connectivity index (χ3v) is 4.90. The maximum atomic E-state index is 5.83. The fraction of sp³-hybridized carbons (Fsp3) is 0.955. The molecule has 24 heavy (non-hydrogen) atoms. The molecule has 0 atom stereocenters. The molecule has 2 nitrogen and oxygen atoms in total. The summed E-state index contributed by atoms with van der Waals surface area (Å²) in [5.74, 6) is 1.21. The van der Waals surface area contributed by atoms with Crippen LogP contribution >= 0.6 is 0 Å². The van der Waals surface area contributed by atoms with Crippen molar-refractivity contribution in [2.45, 2.75) is 124 Å². The second-order valence-corrected chi connectivity index (χ2v) is 7.76. The summed E-state index contributed by atoms with van der Waals surface area (Å²) in [4.78, 5) is 4.42. The van der Waals surface area contributed by atoms with Crippen LogP contribution in [0.2, 0.25) is 0 Å². The van der Waals surface area contributed by atoms with E-state index in [0.717, 1.165) is 12.4 Å². The van der Waals surface area contributed by atoms with Gasteiger partial charge in [0.2, 0.25) is 0 Å². The lowest BCUT2D eigenvalue weighted by atomic mass is 10.0. The molecule has 0 radical (unpaired) electrons. The Bertz CT molecular complexity index is 271. The molecule has 0 saturated carbocycles. The van der Waals surface area contributed by atoms with Crippen LogP contribution in [0.15, 0.2) is 4.99 Å². The zero-order valence-corrected chi connectivity index (χ0v) is 17.1. The molecule has 0 bridgehead atoms. The second-order valence-electron chi connectivity index (χ2n) is 7.76. The third kappa shape index (κ3) is 17.8. The minimum Gasteiger partial charge on any atom is -0.387 e. The number of amidine groups is 1. The number of rotatable bonds is 18. The molecule has 0 aliphatic carbocycles. The van der Waals surface area contributed by atoms with Gasteiger partial charge in [0.15, 0.2) is 0 Å². The molecule has 144 valence electrons. The molecule has 0 aliphatic rings. The average Bonchev–Trinajstić information content (AvgIpc) is 2.57. The Morgan fingerprint density at radius 3 is 1.29 bits per heavy atom. The molecule has 0 aromatic rings. The molecule has 0 aliphatic heterocycles. The molecule has 0 unspecified atom stereocenters. The van der Waals surface area contributed by atoms with E-state index >= 15 is 0 Å². The van der Waals surface area contributed by atoms with Crippen LogP contribution in [0.5, 0.6) is 0 Å². The van der Waals surface area contributed by atoms with Crippen molar-refractivity contribution in [2.75, 3.05) is 6.54 Å². The largest absolute Gasteiger partial charge is 0.387 e. The van der Waals surface area contributed by atoms with E-state index in [1.165, 1.54) is 103 Å². The first-order valence-electron chi connectivity index (χ1n) is 11.0. The van der Waals surface area contributed by atoms with Crippen LogP contribution < -0.4 is 5.73 Å². The molecule has 0 fully saturated rings. The smallest absolute Gasteiger partial charge is 0.0962 e. The minimum absolute atomic E-state index is 0.394. The second kappa shape index (κ2) is 18.8. The highest BCUT2D eigenvalue weighted by molar-refractivity contribution is 5.82. The van der Waals surface area contributed by atoms with Gasteiger partial charge in [-0.25, -0.2) is 0 Å². The summed E-state index contributed by atoms with van der Waals surface area (Å²) in [7, 11) is 0. The lowest BCUT2D eigenvalue weighted by Crippen LogP contribution is -2.19. The normalized spacial score (nSPS) is 12.2. The van der Waals surface area contributed by atoms with Crippen molar-refractivity contribution in [3.63, 3.8) is 0 Å². The Balaban J connectivity index is 3.09. The maximum absolute atomic E-state index is 5.83. The number of nitrogens with zero attached hydrogens (tertiary/aromatic N) is 1. The zero-order valence-electron chi connectivity index (χ0n) is 17.1. The lowest BCUT2D eigenvalue weighted by molar-refractivity contribution is 0.530. The number of hydrogen-bond donors (Lipinski definition) is 1. The van der Waals surface area contributed by atoms with Crippen molar-refractivity contribution in [3.8, 4) is 0 Å². The van der Waals surface area contributed by atoms with Gasteiger partial charge < -0.3 is 5.73 Å². The molecule has 0 heterocycles. The van der Waals surface area contributed by atoms with Crippen LogP contribution in [0.4, 0.5) is 0 Å². The first-order chi connectivity index (χ1) is 11.7. The quantitative estimate of drug-likeness (QED) is 0.159. The van der Waals surface area contributed by atoms with Crippen LogP contribution in [0, 0.1) is 5.92 Å². The lowest BCUT2D eigenvalue weighted by Gasteiger charge is -2.04. The van der Waals surface area contributed by atoms with Crippen LogP contribution in [0.1, 0.15) is 124 Å². The van der Waals surface area contributed by atoms with E-state index in [4.69, 9.17) is 5.73 Å². The topological polar surface area (TPSA) is 38.4 Å². The van der Waals surface area contributed by atoms with Gasteiger partial charge in [0.1, 0.15) is 0 Å². The first kappa shape index (κ1) is 23.5. The van der Waals surface area contributed by atoms with Crippen molar-refractivity contribution < 1.29 is 0 Å². The molecule has 0 aromatic carbocycles. The Morgan fingerprint density at radius 1 is 0.625 bits per heavy atom. The van der Waals surface area contributed by atoms with Crippen molar-refractivity contribution in [3.05, 3.63) is 0 Å². The summed E-state index contributed by atoms with van der Waals surface area (Å²) in [5.41, 5.74) is 5.83. The Morgan fingerprint density at radius 2 is 0.958 bits per heavy atom. The van der Waals surface area contributed by atoms with Crippen LogP contribution in [0.25, 0.3) is 0 Å². The first-order valence-corrected chi connectivity index (χ1v) is 11.0. The fourth-order valence-corrected chi connectivity index (χ4v) is 3.05. The maximum Gasteiger partial charge on any atom is 0.0962 e. The SMILES string of the molecule is CCCCCCCCCCCCCCCCCCN=C(N)C(C)C. The monoisotopic (exact) mass is 338 g/mol. The predicted molar refractivity (Wildman–Crippen MR) is 111 cm³/mol. The molecule has 2 N–H and O–H groups in total. The highest BCUT2D eigenvalue weighted by atomic mass is 14.8. The van der Waals surface area contributed by atoms with Gasteiger partial charge in [-0.05, 0) is 6.42 Å². The van der Waals surface area contributed by atoms with E-state index in [2.05, 4.69) is 25.8 Å². The molecule has 0 rings (SSSR count). The van der Waals surface area contributed by atoms with E-state index < -0.39 is 0 Å². The molecule has 0 aromatic heterocycles. The fourth-order valence-electron chi connectivity index (χ4n) is 3.05. The van der Waals surface area contributed by atoms with Gasteiger partial charge in [0.05, 0.1) is 5.84 Å². The number of aliphatic imine (C=N–C) groups is 1. The van der Waals surface area contributed by atoms with E-state index in [-0.39, 0.29) is 0 Å². The summed E-state index contributed by atoms with van der Waals surface area (Å²) in [6, 6.07) is 0.